The van der Waals surface area contributed by atoms with Crippen molar-refractivity contribution in [2.24, 2.45) is 0 Å². The summed E-state index contributed by atoms with van der Waals surface area (Å²) in [5.74, 6) is 0.871. The number of amides is 1. The summed E-state index contributed by atoms with van der Waals surface area (Å²) >= 11 is 9.45. The minimum atomic E-state index is 0.0102. The molecular formula is C21H16ClNOS2. The Labute approximate surface area is 166 Å². The highest BCUT2D eigenvalue weighted by Crippen LogP contribution is 2.46. The molecule has 3 aromatic rings. The number of carbonyl (C=O) groups excluding carboxylic acids is 1. The van der Waals surface area contributed by atoms with Crippen LogP contribution in [0.5, 0.6) is 0 Å². The summed E-state index contributed by atoms with van der Waals surface area (Å²) in [4.78, 5) is 18.0. The number of nitrogens with zero attached hydrogens (tertiary/aromatic N) is 1. The Morgan fingerprint density at radius 1 is 1.19 bits per heavy atom. The molecule has 1 aliphatic heterocycles. The van der Waals surface area contributed by atoms with E-state index in [0.29, 0.717) is 6.54 Å². The zero-order valence-electron chi connectivity index (χ0n) is 13.9. The molecule has 0 bridgehead atoms. The van der Waals surface area contributed by atoms with E-state index in [1.165, 1.54) is 20.9 Å². The van der Waals surface area contributed by atoms with E-state index in [2.05, 4.69) is 6.58 Å². The first-order valence-electron chi connectivity index (χ1n) is 8.20. The first kappa shape index (κ1) is 17.4. The highest BCUT2D eigenvalue weighted by atomic mass is 35.5. The second-order valence-corrected chi connectivity index (χ2v) is 8.44. The fraction of sp³-hybridized carbons (Fsp3) is 0.0952. The summed E-state index contributed by atoms with van der Waals surface area (Å²) in [6.07, 6.45) is 1.76. The van der Waals surface area contributed by atoms with Gasteiger partial charge < -0.3 is 4.90 Å². The lowest BCUT2D eigenvalue weighted by Crippen LogP contribution is -2.30. The molecule has 1 aliphatic rings. The minimum Gasteiger partial charge on any atom is -0.304 e. The molecule has 1 aromatic heterocycles. The topological polar surface area (TPSA) is 20.3 Å². The van der Waals surface area contributed by atoms with Crippen molar-refractivity contribution in [3.05, 3.63) is 82.7 Å². The van der Waals surface area contributed by atoms with Gasteiger partial charge in [-0.15, -0.1) is 29.7 Å². The van der Waals surface area contributed by atoms with Crippen LogP contribution < -0.4 is 4.90 Å². The first-order valence-corrected chi connectivity index (χ1v) is 10.4. The van der Waals surface area contributed by atoms with Crippen LogP contribution in [0.25, 0.3) is 10.4 Å². The summed E-state index contributed by atoms with van der Waals surface area (Å²) < 4.78 is 0. The molecular weight excluding hydrogens is 382 g/mol. The van der Waals surface area contributed by atoms with Gasteiger partial charge in [-0.1, -0.05) is 41.9 Å². The van der Waals surface area contributed by atoms with E-state index in [0.717, 1.165) is 21.3 Å². The molecule has 0 fully saturated rings. The standard InChI is InChI=1S/C21H16ClNOS2/c1-2-10-23(16-6-4-3-5-7-16)21(24)19-11-14-13-25-18-12-15(22)8-9-17(18)20(14)26-19/h2-9,11-12H,1,10,13H2. The molecule has 0 saturated heterocycles. The predicted octanol–water partition coefficient (Wildman–Crippen LogP) is 6.51. The highest BCUT2D eigenvalue weighted by Gasteiger charge is 2.25. The predicted molar refractivity (Wildman–Crippen MR) is 113 cm³/mol. The zero-order valence-corrected chi connectivity index (χ0v) is 16.3. The van der Waals surface area contributed by atoms with Crippen LogP contribution in [0.3, 0.4) is 0 Å². The molecule has 130 valence electrons. The highest BCUT2D eigenvalue weighted by molar-refractivity contribution is 7.98. The number of hydrogen-bond donors (Lipinski definition) is 0. The van der Waals surface area contributed by atoms with Gasteiger partial charge in [-0.05, 0) is 35.9 Å². The van der Waals surface area contributed by atoms with E-state index < -0.39 is 0 Å². The largest absolute Gasteiger partial charge is 0.304 e. The summed E-state index contributed by atoms with van der Waals surface area (Å²) in [6, 6.07) is 17.7. The number of anilines is 1. The van der Waals surface area contributed by atoms with Gasteiger partial charge in [0.1, 0.15) is 0 Å². The Bertz CT molecular complexity index is 981. The fourth-order valence-electron chi connectivity index (χ4n) is 3.00. The average molecular weight is 398 g/mol. The zero-order chi connectivity index (χ0) is 18.1. The lowest BCUT2D eigenvalue weighted by atomic mass is 10.1. The van der Waals surface area contributed by atoms with Crippen LogP contribution in [0.15, 0.2) is 72.1 Å². The van der Waals surface area contributed by atoms with E-state index in [1.54, 1.807) is 34.1 Å². The maximum Gasteiger partial charge on any atom is 0.268 e. The first-order chi connectivity index (χ1) is 12.7. The van der Waals surface area contributed by atoms with E-state index in [1.807, 2.05) is 54.6 Å². The summed E-state index contributed by atoms with van der Waals surface area (Å²) in [6.45, 7) is 4.28. The Hall–Kier alpha value is -2.01. The average Bonchev–Trinajstić information content (AvgIpc) is 3.10. The molecule has 0 radical (unpaired) electrons. The molecule has 0 unspecified atom stereocenters. The third kappa shape index (κ3) is 3.20. The molecule has 2 aromatic carbocycles. The molecule has 5 heteroatoms. The smallest absolute Gasteiger partial charge is 0.268 e. The Kier molecular flexibility index (Phi) is 4.90. The molecule has 2 nitrogen and oxygen atoms in total. The van der Waals surface area contributed by atoms with Crippen LogP contribution >= 0.6 is 34.7 Å². The SMILES string of the molecule is C=CCN(C(=O)c1cc2c(s1)-c1ccc(Cl)cc1SC2)c1ccccc1. The summed E-state index contributed by atoms with van der Waals surface area (Å²) in [7, 11) is 0. The monoisotopic (exact) mass is 397 g/mol. The van der Waals surface area contributed by atoms with Crippen molar-refractivity contribution in [1.29, 1.82) is 0 Å². The van der Waals surface area contributed by atoms with Gasteiger partial charge in [0, 0.05) is 38.3 Å². The van der Waals surface area contributed by atoms with Crippen LogP contribution in [0.2, 0.25) is 5.02 Å². The lowest BCUT2D eigenvalue weighted by Gasteiger charge is -2.20. The molecule has 0 spiro atoms. The van der Waals surface area contributed by atoms with Gasteiger partial charge in [0.15, 0.2) is 0 Å². The molecule has 1 amide bonds. The van der Waals surface area contributed by atoms with Crippen molar-refractivity contribution in [2.45, 2.75) is 10.6 Å². The van der Waals surface area contributed by atoms with Crippen molar-refractivity contribution >= 4 is 46.3 Å². The number of thiophene rings is 1. The molecule has 0 aliphatic carbocycles. The molecule has 26 heavy (non-hydrogen) atoms. The van der Waals surface area contributed by atoms with Crippen molar-refractivity contribution in [2.75, 3.05) is 11.4 Å². The fourth-order valence-corrected chi connectivity index (χ4v) is 5.64. The van der Waals surface area contributed by atoms with Crippen LogP contribution in [-0.2, 0) is 5.75 Å². The molecule has 2 heterocycles. The van der Waals surface area contributed by atoms with Gasteiger partial charge in [-0.3, -0.25) is 4.79 Å². The third-order valence-electron chi connectivity index (χ3n) is 4.22. The van der Waals surface area contributed by atoms with Gasteiger partial charge in [-0.2, -0.15) is 0 Å². The normalized spacial score (nSPS) is 12.2. The van der Waals surface area contributed by atoms with Gasteiger partial charge in [-0.25, -0.2) is 0 Å². The summed E-state index contributed by atoms with van der Waals surface area (Å²) in [5.41, 5.74) is 3.26. The summed E-state index contributed by atoms with van der Waals surface area (Å²) in [5, 5.41) is 0.744. The second kappa shape index (κ2) is 7.31. The van der Waals surface area contributed by atoms with Crippen molar-refractivity contribution in [3.63, 3.8) is 0 Å². The number of thioether (sulfide) groups is 1. The van der Waals surface area contributed by atoms with Crippen LogP contribution in [0.1, 0.15) is 15.2 Å². The van der Waals surface area contributed by atoms with Crippen LogP contribution in [0, 0.1) is 0 Å². The van der Waals surface area contributed by atoms with E-state index in [9.17, 15) is 4.79 Å². The third-order valence-corrected chi connectivity index (χ3v) is 6.75. The van der Waals surface area contributed by atoms with E-state index >= 15 is 0 Å². The van der Waals surface area contributed by atoms with Crippen molar-refractivity contribution in [3.8, 4) is 10.4 Å². The Balaban J connectivity index is 1.72. The number of para-hydroxylation sites is 1. The second-order valence-electron chi connectivity index (χ2n) is 5.93. The van der Waals surface area contributed by atoms with Gasteiger partial charge >= 0.3 is 0 Å². The van der Waals surface area contributed by atoms with Gasteiger partial charge in [0.2, 0.25) is 0 Å². The van der Waals surface area contributed by atoms with Gasteiger partial charge in [0.05, 0.1) is 4.88 Å². The van der Waals surface area contributed by atoms with Crippen molar-refractivity contribution < 1.29 is 4.79 Å². The van der Waals surface area contributed by atoms with E-state index in [4.69, 9.17) is 11.6 Å². The Morgan fingerprint density at radius 3 is 2.77 bits per heavy atom. The number of halogens is 1. The van der Waals surface area contributed by atoms with Crippen molar-refractivity contribution in [1.82, 2.24) is 0 Å². The molecule has 0 saturated carbocycles. The number of fused-ring (bicyclic) bond motifs is 3. The Morgan fingerprint density at radius 2 is 2.00 bits per heavy atom. The van der Waals surface area contributed by atoms with Crippen LogP contribution in [-0.4, -0.2) is 12.5 Å². The number of rotatable bonds is 4. The molecule has 0 N–H and O–H groups in total. The van der Waals surface area contributed by atoms with E-state index in [-0.39, 0.29) is 5.91 Å². The maximum atomic E-state index is 13.2. The number of benzene rings is 2. The molecule has 4 rings (SSSR count). The van der Waals surface area contributed by atoms with Crippen LogP contribution in [0.4, 0.5) is 5.69 Å². The number of carbonyl (C=O) groups is 1. The minimum absolute atomic E-state index is 0.0102. The maximum absolute atomic E-state index is 13.2. The number of hydrogen-bond acceptors (Lipinski definition) is 3. The lowest BCUT2D eigenvalue weighted by molar-refractivity contribution is 0.0993. The molecule has 0 atom stereocenters. The quantitative estimate of drug-likeness (QED) is 0.468. The van der Waals surface area contributed by atoms with Gasteiger partial charge in [0.25, 0.3) is 5.91 Å².